The quantitative estimate of drug-likeness (QED) is 0.621. The Labute approximate surface area is 65.3 Å². The Morgan fingerprint density at radius 1 is 1.64 bits per heavy atom. The summed E-state index contributed by atoms with van der Waals surface area (Å²) in [7, 11) is 0. The van der Waals surface area contributed by atoms with Crippen LogP contribution in [0.4, 0.5) is 0 Å². The number of carbonyl (C=O) groups is 1. The molecular weight excluding hydrogens is 144 g/mol. The van der Waals surface area contributed by atoms with Crippen molar-refractivity contribution in [2.45, 2.75) is 19.3 Å². The second kappa shape index (κ2) is 3.53. The fraction of sp³-hybridized carbons (Fsp3) is 0.625. The molecule has 11 heavy (non-hydrogen) atoms. The molecule has 0 amide bonds. The van der Waals surface area contributed by atoms with Crippen LogP contribution in [0.2, 0.25) is 0 Å². The number of aliphatic hydroxyl groups excluding tert-OH is 2. The predicted octanol–water partition coefficient (Wildman–Crippen LogP) is 0.790. The van der Waals surface area contributed by atoms with Gasteiger partial charge in [0, 0.05) is 25.0 Å². The van der Waals surface area contributed by atoms with E-state index in [1.54, 1.807) is 0 Å². The molecule has 0 aromatic carbocycles. The van der Waals surface area contributed by atoms with Gasteiger partial charge in [0.15, 0.2) is 5.78 Å². The van der Waals surface area contributed by atoms with Crippen LogP contribution in [0.5, 0.6) is 0 Å². The van der Waals surface area contributed by atoms with Crippen LogP contribution in [0.15, 0.2) is 11.8 Å². The molecule has 2 N–H and O–H groups in total. The lowest BCUT2D eigenvalue weighted by molar-refractivity contribution is -0.115. The summed E-state index contributed by atoms with van der Waals surface area (Å²) >= 11 is 0. The van der Waals surface area contributed by atoms with Crippen molar-refractivity contribution in [1.29, 1.82) is 0 Å². The number of aliphatic hydroxyl groups is 2. The van der Waals surface area contributed by atoms with Crippen LogP contribution in [0.25, 0.3) is 0 Å². The van der Waals surface area contributed by atoms with Crippen LogP contribution >= 0.6 is 0 Å². The van der Waals surface area contributed by atoms with Crippen LogP contribution in [0.3, 0.4) is 0 Å². The molecule has 1 aliphatic rings. The molecule has 1 atom stereocenters. The molecule has 3 heteroatoms. The monoisotopic (exact) mass is 156 g/mol. The standard InChI is InChI=1S/C8H12O3/c9-4-3-6-1-2-7(10)5-8(6)11/h5-6,9,11H,1-4H2. The van der Waals surface area contributed by atoms with Crippen molar-refractivity contribution in [3.63, 3.8) is 0 Å². The minimum absolute atomic E-state index is 0.00213. The molecule has 0 heterocycles. The summed E-state index contributed by atoms with van der Waals surface area (Å²) in [5.74, 6) is 0.115. The predicted molar refractivity (Wildman–Crippen MR) is 40.1 cm³/mol. The summed E-state index contributed by atoms with van der Waals surface area (Å²) in [6.07, 6.45) is 2.98. The topological polar surface area (TPSA) is 57.5 Å². The summed E-state index contributed by atoms with van der Waals surface area (Å²) in [4.78, 5) is 10.7. The molecule has 0 spiro atoms. The molecule has 0 aliphatic heterocycles. The van der Waals surface area contributed by atoms with Gasteiger partial charge in [-0.05, 0) is 12.8 Å². The lowest BCUT2D eigenvalue weighted by atomic mass is 9.91. The van der Waals surface area contributed by atoms with Gasteiger partial charge in [-0.1, -0.05) is 0 Å². The first-order valence-corrected chi connectivity index (χ1v) is 3.78. The highest BCUT2D eigenvalue weighted by Gasteiger charge is 2.19. The summed E-state index contributed by atoms with van der Waals surface area (Å²) in [5, 5.41) is 17.8. The smallest absolute Gasteiger partial charge is 0.159 e. The highest BCUT2D eigenvalue weighted by Crippen LogP contribution is 2.23. The molecule has 0 saturated heterocycles. The van der Waals surface area contributed by atoms with Gasteiger partial charge in [-0.15, -0.1) is 0 Å². The van der Waals surface area contributed by atoms with Crippen LogP contribution in [0.1, 0.15) is 19.3 Å². The number of rotatable bonds is 2. The van der Waals surface area contributed by atoms with E-state index in [0.717, 1.165) is 0 Å². The third-order valence-electron chi connectivity index (χ3n) is 1.94. The van der Waals surface area contributed by atoms with Gasteiger partial charge < -0.3 is 10.2 Å². The lowest BCUT2D eigenvalue weighted by Gasteiger charge is -2.17. The van der Waals surface area contributed by atoms with E-state index in [4.69, 9.17) is 5.11 Å². The van der Waals surface area contributed by atoms with E-state index < -0.39 is 0 Å². The van der Waals surface area contributed by atoms with Crippen molar-refractivity contribution >= 4 is 5.78 Å². The third kappa shape index (κ3) is 2.05. The minimum atomic E-state index is -0.0170. The first-order valence-electron chi connectivity index (χ1n) is 3.78. The molecule has 0 fully saturated rings. The summed E-state index contributed by atoms with van der Waals surface area (Å²) in [6, 6.07) is 0. The molecule has 1 unspecified atom stereocenters. The molecule has 0 aromatic rings. The highest BCUT2D eigenvalue weighted by molar-refractivity contribution is 5.90. The van der Waals surface area contributed by atoms with Crippen molar-refractivity contribution in [2.24, 2.45) is 5.92 Å². The van der Waals surface area contributed by atoms with Crippen LogP contribution in [-0.4, -0.2) is 22.6 Å². The van der Waals surface area contributed by atoms with E-state index in [1.165, 1.54) is 6.08 Å². The van der Waals surface area contributed by atoms with E-state index in [9.17, 15) is 9.90 Å². The minimum Gasteiger partial charge on any atom is -0.512 e. The first-order chi connectivity index (χ1) is 5.24. The van der Waals surface area contributed by atoms with E-state index in [-0.39, 0.29) is 24.1 Å². The Balaban J connectivity index is 2.57. The molecule has 1 aliphatic carbocycles. The fourth-order valence-corrected chi connectivity index (χ4v) is 1.27. The summed E-state index contributed by atoms with van der Waals surface area (Å²) in [5.41, 5.74) is 0. The first kappa shape index (κ1) is 8.27. The number of hydrogen-bond donors (Lipinski definition) is 2. The second-order valence-electron chi connectivity index (χ2n) is 2.78. The molecular formula is C8H12O3. The summed E-state index contributed by atoms with van der Waals surface area (Å²) in [6.45, 7) is 0.0662. The van der Waals surface area contributed by atoms with E-state index in [0.29, 0.717) is 19.3 Å². The maximum Gasteiger partial charge on any atom is 0.159 e. The van der Waals surface area contributed by atoms with Gasteiger partial charge in [0.2, 0.25) is 0 Å². The van der Waals surface area contributed by atoms with Gasteiger partial charge in [0.1, 0.15) is 0 Å². The van der Waals surface area contributed by atoms with Crippen LogP contribution in [-0.2, 0) is 4.79 Å². The lowest BCUT2D eigenvalue weighted by Crippen LogP contribution is -2.14. The van der Waals surface area contributed by atoms with Crippen molar-refractivity contribution in [3.8, 4) is 0 Å². The molecule has 0 saturated carbocycles. The van der Waals surface area contributed by atoms with Gasteiger partial charge in [-0.25, -0.2) is 0 Å². The Bertz CT molecular complexity index is 184. The van der Waals surface area contributed by atoms with Gasteiger partial charge >= 0.3 is 0 Å². The van der Waals surface area contributed by atoms with Crippen molar-refractivity contribution < 1.29 is 15.0 Å². The normalized spacial score (nSPS) is 25.0. The molecule has 62 valence electrons. The zero-order valence-corrected chi connectivity index (χ0v) is 6.29. The zero-order chi connectivity index (χ0) is 8.27. The van der Waals surface area contributed by atoms with E-state index in [1.807, 2.05) is 0 Å². The SMILES string of the molecule is O=C1C=C(O)C(CCO)CC1. The molecule has 1 rings (SSSR count). The van der Waals surface area contributed by atoms with E-state index >= 15 is 0 Å². The van der Waals surface area contributed by atoms with Crippen molar-refractivity contribution in [3.05, 3.63) is 11.8 Å². The Morgan fingerprint density at radius 2 is 2.36 bits per heavy atom. The van der Waals surface area contributed by atoms with Crippen molar-refractivity contribution in [2.75, 3.05) is 6.61 Å². The third-order valence-corrected chi connectivity index (χ3v) is 1.94. The van der Waals surface area contributed by atoms with Gasteiger partial charge in [-0.2, -0.15) is 0 Å². The maximum absolute atomic E-state index is 10.7. The Morgan fingerprint density at radius 3 is 2.91 bits per heavy atom. The number of carbonyl (C=O) groups excluding carboxylic acids is 1. The van der Waals surface area contributed by atoms with Crippen molar-refractivity contribution in [1.82, 2.24) is 0 Å². The largest absolute Gasteiger partial charge is 0.512 e. The van der Waals surface area contributed by atoms with Gasteiger partial charge in [0.05, 0.1) is 5.76 Å². The average molecular weight is 156 g/mol. The fourth-order valence-electron chi connectivity index (χ4n) is 1.27. The average Bonchev–Trinajstić information content (AvgIpc) is 1.95. The Kier molecular flexibility index (Phi) is 2.65. The van der Waals surface area contributed by atoms with Crippen LogP contribution < -0.4 is 0 Å². The zero-order valence-electron chi connectivity index (χ0n) is 6.29. The Hall–Kier alpha value is -0.830. The molecule has 3 nitrogen and oxygen atoms in total. The molecule has 0 radical (unpaired) electrons. The summed E-state index contributed by atoms with van der Waals surface area (Å²) < 4.78 is 0. The van der Waals surface area contributed by atoms with Crippen LogP contribution in [0, 0.1) is 5.92 Å². The second-order valence-corrected chi connectivity index (χ2v) is 2.78. The van der Waals surface area contributed by atoms with Gasteiger partial charge in [-0.3, -0.25) is 4.79 Å². The van der Waals surface area contributed by atoms with E-state index in [2.05, 4.69) is 0 Å². The number of hydrogen-bond acceptors (Lipinski definition) is 3. The molecule has 0 aromatic heterocycles. The number of ketones is 1. The maximum atomic E-state index is 10.7. The highest BCUT2D eigenvalue weighted by atomic mass is 16.3. The van der Waals surface area contributed by atoms with Gasteiger partial charge in [0.25, 0.3) is 0 Å². The number of allylic oxidation sites excluding steroid dienone is 2. The molecule has 0 bridgehead atoms.